The zero-order valence-electron chi connectivity index (χ0n) is 15.2. The minimum Gasteiger partial charge on any atom is -0.354 e. The van der Waals surface area contributed by atoms with Crippen molar-refractivity contribution >= 4 is 5.91 Å². The Morgan fingerprint density at radius 3 is 2.77 bits per heavy atom. The highest BCUT2D eigenvalue weighted by Crippen LogP contribution is 2.26. The first kappa shape index (κ1) is 17.2. The average molecular weight is 352 g/mol. The number of rotatable bonds is 3. The highest BCUT2D eigenvalue weighted by Gasteiger charge is 2.27. The minimum atomic E-state index is -0.183. The van der Waals surface area contributed by atoms with Gasteiger partial charge in [0.05, 0.1) is 0 Å². The number of carbonyl (C=O) groups excluding carboxylic acids is 1. The number of nitrogens with zero attached hydrogens (tertiary/aromatic N) is 1. The number of fused-ring (bicyclic) bond motifs is 2. The molecule has 0 saturated carbocycles. The van der Waals surface area contributed by atoms with E-state index < -0.39 is 0 Å². The lowest BCUT2D eigenvalue weighted by molar-refractivity contribution is -0.125. The molecule has 136 valence electrons. The third-order valence-corrected chi connectivity index (χ3v) is 5.90. The molecular formula is C22H25FN2O. The molecule has 1 aliphatic carbocycles. The molecule has 1 aliphatic heterocycles. The maximum Gasteiger partial charge on any atom is 0.223 e. The number of hydrogen-bond donors (Lipinski definition) is 1. The van der Waals surface area contributed by atoms with Gasteiger partial charge in [-0.1, -0.05) is 30.3 Å². The maximum atomic E-state index is 13.5. The molecule has 2 atom stereocenters. The number of nitrogens with one attached hydrogen (secondary N) is 1. The fraction of sp³-hybridized carbons (Fsp3) is 0.409. The van der Waals surface area contributed by atoms with Gasteiger partial charge in [0.2, 0.25) is 5.91 Å². The van der Waals surface area contributed by atoms with Crippen molar-refractivity contribution in [2.45, 2.75) is 38.3 Å². The van der Waals surface area contributed by atoms with Crippen LogP contribution < -0.4 is 5.32 Å². The molecule has 1 amide bonds. The Labute approximate surface area is 154 Å². The Balaban J connectivity index is 1.36. The Morgan fingerprint density at radius 2 is 1.92 bits per heavy atom. The van der Waals surface area contributed by atoms with Crippen LogP contribution in [0.4, 0.5) is 4.39 Å². The number of carbonyl (C=O) groups is 1. The Kier molecular flexibility index (Phi) is 4.77. The summed E-state index contributed by atoms with van der Waals surface area (Å²) in [6, 6.07) is 13.7. The van der Waals surface area contributed by atoms with Crippen LogP contribution in [-0.2, 0) is 30.6 Å². The molecule has 26 heavy (non-hydrogen) atoms. The summed E-state index contributed by atoms with van der Waals surface area (Å²) in [7, 11) is 2.07. The van der Waals surface area contributed by atoms with Gasteiger partial charge in [-0.25, -0.2) is 4.39 Å². The third kappa shape index (κ3) is 3.51. The van der Waals surface area contributed by atoms with E-state index in [0.29, 0.717) is 6.54 Å². The summed E-state index contributed by atoms with van der Waals surface area (Å²) in [5, 5.41) is 3.15. The standard InChI is InChI=1S/C22H25FN2O/c1-25-14-18-8-9-20(23)11-19(18)12-21(25)13-24-22(26)17-7-6-15-4-2-3-5-16(15)10-17/h2-5,8-9,11,17,21H,6-7,10,12-14H2,1H3,(H,24,26). The van der Waals surface area contributed by atoms with Crippen LogP contribution in [0.5, 0.6) is 0 Å². The van der Waals surface area contributed by atoms with E-state index in [-0.39, 0.29) is 23.7 Å². The van der Waals surface area contributed by atoms with Gasteiger partial charge in [0.15, 0.2) is 0 Å². The van der Waals surface area contributed by atoms with Crippen molar-refractivity contribution < 1.29 is 9.18 Å². The molecule has 0 aromatic heterocycles. The van der Waals surface area contributed by atoms with E-state index in [1.165, 1.54) is 22.8 Å². The highest BCUT2D eigenvalue weighted by atomic mass is 19.1. The van der Waals surface area contributed by atoms with Gasteiger partial charge in [-0.3, -0.25) is 9.69 Å². The molecule has 2 unspecified atom stereocenters. The lowest BCUT2D eigenvalue weighted by Crippen LogP contribution is -2.47. The quantitative estimate of drug-likeness (QED) is 0.921. The summed E-state index contributed by atoms with van der Waals surface area (Å²) in [4.78, 5) is 14.9. The van der Waals surface area contributed by atoms with Gasteiger partial charge in [0.1, 0.15) is 5.82 Å². The number of amides is 1. The van der Waals surface area contributed by atoms with Crippen molar-refractivity contribution in [2.24, 2.45) is 5.92 Å². The van der Waals surface area contributed by atoms with Crippen LogP contribution in [0.1, 0.15) is 28.7 Å². The van der Waals surface area contributed by atoms with Crippen molar-refractivity contribution in [1.29, 1.82) is 0 Å². The zero-order chi connectivity index (χ0) is 18.1. The second-order valence-electron chi connectivity index (χ2n) is 7.64. The van der Waals surface area contributed by atoms with Crippen molar-refractivity contribution in [3.8, 4) is 0 Å². The molecule has 2 aromatic carbocycles. The van der Waals surface area contributed by atoms with E-state index in [1.54, 1.807) is 6.07 Å². The van der Waals surface area contributed by atoms with Crippen molar-refractivity contribution in [2.75, 3.05) is 13.6 Å². The molecule has 0 radical (unpaired) electrons. The summed E-state index contributed by atoms with van der Waals surface area (Å²) < 4.78 is 13.5. The second kappa shape index (κ2) is 7.20. The van der Waals surface area contributed by atoms with Crippen LogP contribution in [0.2, 0.25) is 0 Å². The maximum absolute atomic E-state index is 13.5. The summed E-state index contributed by atoms with van der Waals surface area (Å²) in [5.74, 6) is 0.0263. The molecule has 0 bridgehead atoms. The van der Waals surface area contributed by atoms with E-state index in [4.69, 9.17) is 0 Å². The molecule has 2 aromatic rings. The second-order valence-corrected chi connectivity index (χ2v) is 7.64. The van der Waals surface area contributed by atoms with Crippen molar-refractivity contribution in [1.82, 2.24) is 10.2 Å². The van der Waals surface area contributed by atoms with Crippen LogP contribution in [0, 0.1) is 11.7 Å². The predicted molar refractivity (Wildman–Crippen MR) is 100 cm³/mol. The van der Waals surface area contributed by atoms with Crippen molar-refractivity contribution in [3.05, 3.63) is 70.5 Å². The van der Waals surface area contributed by atoms with Gasteiger partial charge in [-0.05, 0) is 67.1 Å². The molecule has 2 aliphatic rings. The first-order valence-corrected chi connectivity index (χ1v) is 9.42. The molecule has 0 fully saturated rings. The third-order valence-electron chi connectivity index (χ3n) is 5.90. The summed E-state index contributed by atoms with van der Waals surface area (Å²) in [6.07, 6.45) is 3.50. The fourth-order valence-corrected chi connectivity index (χ4v) is 4.26. The largest absolute Gasteiger partial charge is 0.354 e. The summed E-state index contributed by atoms with van der Waals surface area (Å²) >= 11 is 0. The van der Waals surface area contributed by atoms with Crippen LogP contribution in [0.15, 0.2) is 42.5 Å². The number of likely N-dealkylation sites (N-methyl/N-ethyl adjacent to an activating group) is 1. The molecule has 1 heterocycles. The fourth-order valence-electron chi connectivity index (χ4n) is 4.26. The zero-order valence-corrected chi connectivity index (χ0v) is 15.2. The average Bonchev–Trinajstić information content (AvgIpc) is 2.66. The summed E-state index contributed by atoms with van der Waals surface area (Å²) in [6.45, 7) is 1.41. The predicted octanol–water partition coefficient (Wildman–Crippen LogP) is 3.10. The summed E-state index contributed by atoms with van der Waals surface area (Å²) in [5.41, 5.74) is 4.93. The molecule has 0 spiro atoms. The molecule has 1 N–H and O–H groups in total. The van der Waals surface area contributed by atoms with Crippen molar-refractivity contribution in [3.63, 3.8) is 0 Å². The van der Waals surface area contributed by atoms with Gasteiger partial charge in [-0.2, -0.15) is 0 Å². The van der Waals surface area contributed by atoms with E-state index in [1.807, 2.05) is 12.1 Å². The van der Waals surface area contributed by atoms with E-state index in [9.17, 15) is 9.18 Å². The minimum absolute atomic E-state index is 0.0588. The monoisotopic (exact) mass is 352 g/mol. The highest BCUT2D eigenvalue weighted by molar-refractivity contribution is 5.79. The Bertz CT molecular complexity index is 820. The normalized spacial score (nSPS) is 22.4. The first-order valence-electron chi connectivity index (χ1n) is 9.42. The number of halogens is 1. The van der Waals surface area contributed by atoms with Gasteiger partial charge in [0.25, 0.3) is 0 Å². The van der Waals surface area contributed by atoms with E-state index in [2.05, 4.69) is 35.5 Å². The molecule has 3 nitrogen and oxygen atoms in total. The number of benzene rings is 2. The Hall–Kier alpha value is -2.20. The Morgan fingerprint density at radius 1 is 1.12 bits per heavy atom. The van der Waals surface area contributed by atoms with Crippen LogP contribution in [0.3, 0.4) is 0 Å². The van der Waals surface area contributed by atoms with Crippen LogP contribution >= 0.6 is 0 Å². The topological polar surface area (TPSA) is 32.3 Å². The van der Waals surface area contributed by atoms with E-state index >= 15 is 0 Å². The van der Waals surface area contributed by atoms with Gasteiger partial charge in [-0.15, -0.1) is 0 Å². The molecule has 4 heteroatoms. The lowest BCUT2D eigenvalue weighted by atomic mass is 9.83. The molecule has 0 saturated heterocycles. The smallest absolute Gasteiger partial charge is 0.223 e. The van der Waals surface area contributed by atoms with Gasteiger partial charge >= 0.3 is 0 Å². The number of aryl methyl sites for hydroxylation is 1. The SMILES string of the molecule is CN1Cc2ccc(F)cc2CC1CNC(=O)C1CCc2ccccc2C1. The van der Waals surface area contributed by atoms with E-state index in [0.717, 1.165) is 37.8 Å². The first-order chi connectivity index (χ1) is 12.6. The van der Waals surface area contributed by atoms with Gasteiger partial charge in [0, 0.05) is 25.0 Å². The van der Waals surface area contributed by atoms with Crippen LogP contribution in [-0.4, -0.2) is 30.4 Å². The molecule has 4 rings (SSSR count). The molecular weight excluding hydrogens is 327 g/mol. The van der Waals surface area contributed by atoms with Gasteiger partial charge < -0.3 is 5.32 Å². The van der Waals surface area contributed by atoms with Crippen LogP contribution in [0.25, 0.3) is 0 Å². The lowest BCUT2D eigenvalue weighted by Gasteiger charge is -2.34. The number of hydrogen-bond acceptors (Lipinski definition) is 2.